The largest absolute Gasteiger partial charge is 0.481 e. The lowest BCUT2D eigenvalue weighted by atomic mass is 9.87. The van der Waals surface area contributed by atoms with Gasteiger partial charge in [-0.05, 0) is 12.5 Å². The molecule has 2 aromatic heterocycles. The maximum Gasteiger partial charge on any atom is 0.481 e. The first kappa shape index (κ1) is 45.7. The predicted octanol–water partition coefficient (Wildman–Crippen LogP) is 0.611. The number of aromatic amines is 1. The maximum absolute atomic E-state index is 12.7. The monoisotopic (exact) mass is 855 g/mol. The van der Waals surface area contributed by atoms with Gasteiger partial charge < -0.3 is 50.9 Å². The molecule has 22 nitrogen and oxygen atoms in total. The van der Waals surface area contributed by atoms with Gasteiger partial charge in [-0.3, -0.25) is 28.1 Å². The van der Waals surface area contributed by atoms with Gasteiger partial charge in [0.2, 0.25) is 18.0 Å². The number of carbonyl (C=O) groups excluding carboxylic acids is 2. The van der Waals surface area contributed by atoms with Crippen LogP contribution in [-0.2, 0) is 45.9 Å². The number of amides is 2. The van der Waals surface area contributed by atoms with Crippen molar-refractivity contribution in [3.63, 3.8) is 0 Å². The Labute approximate surface area is 312 Å². The Balaban J connectivity index is 1.51. The van der Waals surface area contributed by atoms with Gasteiger partial charge in [0, 0.05) is 36.4 Å². The van der Waals surface area contributed by atoms with Crippen molar-refractivity contribution < 1.29 is 80.3 Å². The summed E-state index contributed by atoms with van der Waals surface area (Å²) in [7, 11) is -12.9. The second kappa shape index (κ2) is 19.9. The number of anilines is 1. The summed E-state index contributed by atoms with van der Waals surface area (Å²) in [5.74, 6) is 0.504. The number of nitrogens with two attached hydrogens (primary N) is 1. The number of H-pyrrole nitrogens is 1. The van der Waals surface area contributed by atoms with E-state index in [2.05, 4.69) is 36.4 Å². The summed E-state index contributed by atoms with van der Waals surface area (Å²) < 4.78 is 62.3. The summed E-state index contributed by atoms with van der Waals surface area (Å²) >= 11 is 0. The highest BCUT2D eigenvalue weighted by molar-refractivity contribution is 8.76. The smallest absolute Gasteiger partial charge is 0.396 e. The Morgan fingerprint density at radius 3 is 2.47 bits per heavy atom. The van der Waals surface area contributed by atoms with E-state index >= 15 is 0 Å². The molecule has 53 heavy (non-hydrogen) atoms. The molecule has 302 valence electrons. The number of phosphoric ester groups is 3. The van der Waals surface area contributed by atoms with Gasteiger partial charge in [0.15, 0.2) is 11.8 Å². The first-order valence-corrected chi connectivity index (χ1v) is 23.0. The molecule has 0 spiro atoms. The molecule has 2 amide bonds. The number of rotatable bonds is 23. The first-order valence-electron chi connectivity index (χ1n) is 16.0. The van der Waals surface area contributed by atoms with Crippen molar-refractivity contribution in [1.29, 1.82) is 0 Å². The van der Waals surface area contributed by atoms with Gasteiger partial charge in [0.1, 0.15) is 30.6 Å². The number of hydrogen-bond acceptors (Lipinski definition) is 16. The highest BCUT2D eigenvalue weighted by Crippen LogP contribution is 2.61. The minimum absolute atomic E-state index is 0.0691. The second-order valence-electron chi connectivity index (χ2n) is 12.3. The molecular formula is C26H46N6O16P3S2+. The average molecular weight is 856 g/mol. The van der Waals surface area contributed by atoms with Crippen LogP contribution in [0.1, 0.15) is 46.3 Å². The SMILES string of the molecule is CCCCSSCCNC(=O)CCNC(=O)[C@@H](O)C(C)(C)COP(=O)(O)OP(=O)(O)OC[C@H]1O[C@@H]([n+]2c[nH]c3c(N)ccnc32)C(O)[C@H]1OP(=O)(O)O. The number of imidazole rings is 1. The Morgan fingerprint density at radius 1 is 1.11 bits per heavy atom. The standard InChI is InChI=1S/C26H45N6O16P3S2/c1-4-5-11-52-53-12-10-28-18(33)7-9-30-24(36)22(35)26(2,3)14-45-51(42,43)48-50(40,41)44-13-17-21(47-49(37,38)39)20(34)25(46-17)32-15-31-19-16(27)6-8-29-23(19)32/h6,8,15,17,20-22,25,34-35H,4-5,7,9-14H2,1-3H3,(H8,27,28,29,30,33,36,37,38,39,40,41,42,43)/p+1/t17-,20?,21+,22-,25-/m1/s1. The zero-order valence-corrected chi connectivity index (χ0v) is 33.2. The minimum atomic E-state index is -5.53. The highest BCUT2D eigenvalue weighted by atomic mass is 33.1. The lowest BCUT2D eigenvalue weighted by molar-refractivity contribution is -0.745. The van der Waals surface area contributed by atoms with Gasteiger partial charge in [-0.25, -0.2) is 18.3 Å². The summed E-state index contributed by atoms with van der Waals surface area (Å²) in [6.45, 7) is 3.06. The fraction of sp³-hybridized carbons (Fsp3) is 0.692. The molecule has 11 N–H and O–H groups in total. The number of pyridine rings is 1. The summed E-state index contributed by atoms with van der Waals surface area (Å²) in [5, 5.41) is 26.5. The molecule has 0 aliphatic carbocycles. The third-order valence-electron chi connectivity index (χ3n) is 7.42. The van der Waals surface area contributed by atoms with E-state index in [4.69, 9.17) is 19.5 Å². The van der Waals surface area contributed by atoms with E-state index in [0.717, 1.165) is 18.6 Å². The summed E-state index contributed by atoms with van der Waals surface area (Å²) in [4.78, 5) is 70.6. The Morgan fingerprint density at radius 2 is 1.79 bits per heavy atom. The number of aliphatic hydroxyl groups excluding tert-OH is 2. The van der Waals surface area contributed by atoms with Crippen LogP contribution >= 0.6 is 45.1 Å². The van der Waals surface area contributed by atoms with Gasteiger partial charge >= 0.3 is 29.1 Å². The molecule has 0 aromatic carbocycles. The lowest BCUT2D eigenvalue weighted by Gasteiger charge is -2.30. The van der Waals surface area contributed by atoms with Crippen LogP contribution in [0, 0.1) is 5.41 Å². The molecule has 1 aliphatic heterocycles. The number of ether oxygens (including phenoxy) is 1. The number of carbonyl (C=O) groups is 2. The van der Waals surface area contributed by atoms with Crippen molar-refractivity contribution >= 4 is 73.7 Å². The highest BCUT2D eigenvalue weighted by Gasteiger charge is 2.52. The van der Waals surface area contributed by atoms with Crippen molar-refractivity contribution in [2.45, 2.75) is 70.7 Å². The van der Waals surface area contributed by atoms with Gasteiger partial charge in [-0.15, -0.1) is 4.98 Å². The van der Waals surface area contributed by atoms with Crippen LogP contribution in [0.5, 0.6) is 0 Å². The Kier molecular flexibility index (Phi) is 17.2. The lowest BCUT2D eigenvalue weighted by Crippen LogP contribution is -2.46. The molecule has 7 atom stereocenters. The zero-order valence-electron chi connectivity index (χ0n) is 28.9. The Hall–Kier alpha value is -1.69. The topological polar surface area (TPSA) is 336 Å². The minimum Gasteiger partial charge on any atom is -0.396 e. The van der Waals surface area contributed by atoms with Crippen molar-refractivity contribution in [3.8, 4) is 0 Å². The molecule has 27 heteroatoms. The summed E-state index contributed by atoms with van der Waals surface area (Å²) in [6, 6.07) is 1.48. The van der Waals surface area contributed by atoms with Gasteiger partial charge in [0.25, 0.3) is 0 Å². The van der Waals surface area contributed by atoms with E-state index in [-0.39, 0.29) is 30.2 Å². The molecule has 1 saturated heterocycles. The molecule has 3 heterocycles. The third kappa shape index (κ3) is 14.4. The number of aliphatic hydroxyl groups is 2. The van der Waals surface area contributed by atoms with E-state index in [1.54, 1.807) is 21.6 Å². The molecule has 1 fully saturated rings. The van der Waals surface area contributed by atoms with Gasteiger partial charge in [-0.1, -0.05) is 48.8 Å². The van der Waals surface area contributed by atoms with Crippen LogP contribution in [0.25, 0.3) is 11.2 Å². The van der Waals surface area contributed by atoms with Crippen molar-refractivity contribution in [2.75, 3.05) is 43.5 Å². The summed E-state index contributed by atoms with van der Waals surface area (Å²) in [5.41, 5.74) is 5.10. The van der Waals surface area contributed by atoms with Crippen molar-refractivity contribution in [3.05, 3.63) is 18.6 Å². The predicted molar refractivity (Wildman–Crippen MR) is 190 cm³/mol. The second-order valence-corrected chi connectivity index (χ2v) is 19.2. The van der Waals surface area contributed by atoms with Crippen LogP contribution in [-0.4, -0.2) is 114 Å². The van der Waals surface area contributed by atoms with Crippen molar-refractivity contribution in [1.82, 2.24) is 20.6 Å². The molecule has 0 bridgehead atoms. The van der Waals surface area contributed by atoms with Gasteiger partial charge in [0.05, 0.1) is 18.9 Å². The van der Waals surface area contributed by atoms with Gasteiger partial charge in [-0.2, -0.15) is 4.31 Å². The molecule has 3 rings (SSSR count). The molecule has 1 aliphatic rings. The normalized spacial score (nSPS) is 22.3. The number of nitrogens with zero attached hydrogens (tertiary/aromatic N) is 2. The van der Waals surface area contributed by atoms with E-state index in [1.807, 2.05) is 0 Å². The molecule has 3 unspecified atom stereocenters. The quantitative estimate of drug-likeness (QED) is 0.0317. The zero-order chi connectivity index (χ0) is 39.6. The molecule has 0 radical (unpaired) electrons. The number of fused-ring (bicyclic) bond motifs is 1. The number of nitrogen functional groups attached to an aromatic ring is 1. The van der Waals surface area contributed by atoms with Crippen LogP contribution in [0.3, 0.4) is 0 Å². The first-order chi connectivity index (χ1) is 24.7. The fourth-order valence-electron chi connectivity index (χ4n) is 4.63. The van der Waals surface area contributed by atoms with E-state index < -0.39 is 78.6 Å². The van der Waals surface area contributed by atoms with Crippen LogP contribution < -0.4 is 20.9 Å². The number of unbranched alkanes of at least 4 members (excludes halogenated alkanes) is 1. The number of aromatic nitrogens is 3. The van der Waals surface area contributed by atoms with Crippen LogP contribution in [0.15, 0.2) is 18.6 Å². The maximum atomic E-state index is 12.7. The van der Waals surface area contributed by atoms with E-state index in [0.29, 0.717) is 17.8 Å². The van der Waals surface area contributed by atoms with Crippen LogP contribution in [0.2, 0.25) is 0 Å². The number of nitrogens with one attached hydrogen (secondary N) is 3. The molecule has 0 saturated carbocycles. The third-order valence-corrected chi connectivity index (χ3v) is 13.0. The fourth-order valence-corrected chi connectivity index (χ4v) is 9.60. The van der Waals surface area contributed by atoms with E-state index in [9.17, 15) is 53.1 Å². The Bertz CT molecular complexity index is 1680. The van der Waals surface area contributed by atoms with E-state index in [1.165, 1.54) is 37.0 Å². The molecule has 2 aromatic rings. The summed E-state index contributed by atoms with van der Waals surface area (Å²) in [6.07, 6.45) is -3.87. The number of hydrogen-bond donors (Lipinski definition) is 10. The number of phosphoric acid groups is 3. The molecular weight excluding hydrogens is 809 g/mol. The van der Waals surface area contributed by atoms with Crippen molar-refractivity contribution in [2.24, 2.45) is 5.41 Å². The average Bonchev–Trinajstić information content (AvgIpc) is 3.62. The van der Waals surface area contributed by atoms with Crippen LogP contribution in [0.4, 0.5) is 5.69 Å².